The summed E-state index contributed by atoms with van der Waals surface area (Å²) < 4.78 is 45.4. The summed E-state index contributed by atoms with van der Waals surface area (Å²) in [5.74, 6) is -1.28. The van der Waals surface area contributed by atoms with Gasteiger partial charge in [0.15, 0.2) is 11.6 Å². The summed E-state index contributed by atoms with van der Waals surface area (Å²) in [4.78, 5) is 3.58. The Labute approximate surface area is 134 Å². The van der Waals surface area contributed by atoms with Gasteiger partial charge in [-0.25, -0.2) is 12.8 Å². The van der Waals surface area contributed by atoms with Gasteiger partial charge in [0.25, 0.3) is 10.0 Å². The van der Waals surface area contributed by atoms with Crippen LogP contribution in [0, 0.1) is 5.82 Å². The first kappa shape index (κ1) is 16.0. The lowest BCUT2D eigenvalue weighted by Gasteiger charge is -2.11. The summed E-state index contributed by atoms with van der Waals surface area (Å²) in [6, 6.07) is 6.87. The fraction of sp³-hybridized carbons (Fsp3) is 0.0833. The lowest BCUT2D eigenvalue weighted by Crippen LogP contribution is -2.16. The molecule has 5 nitrogen and oxygen atoms in total. The lowest BCUT2D eigenvalue weighted by atomic mass is 10.4. The summed E-state index contributed by atoms with van der Waals surface area (Å²) in [6.07, 6.45) is 0. The Bertz CT molecular complexity index is 786. The van der Waals surface area contributed by atoms with Gasteiger partial charge in [-0.2, -0.15) is 4.98 Å². The van der Waals surface area contributed by atoms with Crippen molar-refractivity contribution in [3.63, 3.8) is 0 Å². The first-order valence-corrected chi connectivity index (χ1v) is 8.18. The molecule has 0 atom stereocenters. The van der Waals surface area contributed by atoms with Crippen LogP contribution in [-0.2, 0) is 10.0 Å². The molecule has 0 radical (unpaired) electrons. The van der Waals surface area contributed by atoms with Gasteiger partial charge in [0.05, 0.1) is 16.6 Å². The summed E-state index contributed by atoms with van der Waals surface area (Å²) in [5.41, 5.74) is 0. The van der Waals surface area contributed by atoms with E-state index < -0.39 is 21.7 Å². The molecule has 0 unspecified atom stereocenters. The number of rotatable bonds is 4. The predicted molar refractivity (Wildman–Crippen MR) is 80.7 cm³/mol. The minimum absolute atomic E-state index is 0.0227. The van der Waals surface area contributed by atoms with Gasteiger partial charge in [-0.05, 0) is 34.1 Å². The third-order valence-corrected chi connectivity index (χ3v) is 4.85. The van der Waals surface area contributed by atoms with Gasteiger partial charge in [-0.15, -0.1) is 0 Å². The van der Waals surface area contributed by atoms with Crippen LogP contribution in [0.25, 0.3) is 0 Å². The number of methoxy groups -OCH3 is 1. The Kier molecular flexibility index (Phi) is 4.70. The van der Waals surface area contributed by atoms with E-state index in [0.29, 0.717) is 0 Å². The van der Waals surface area contributed by atoms with E-state index in [2.05, 4.69) is 20.9 Å². The average molecular weight is 396 g/mol. The van der Waals surface area contributed by atoms with E-state index >= 15 is 0 Å². The van der Waals surface area contributed by atoms with E-state index in [1.807, 2.05) is 4.72 Å². The number of ether oxygens (including phenoxy) is 1. The number of benzene rings is 1. The Balaban J connectivity index is 2.44. The third-order valence-electron chi connectivity index (χ3n) is 2.45. The molecule has 0 bridgehead atoms. The highest BCUT2D eigenvalue weighted by atomic mass is 79.9. The van der Waals surface area contributed by atoms with Gasteiger partial charge in [-0.1, -0.05) is 23.7 Å². The predicted octanol–water partition coefficient (Wildman–Crippen LogP) is 3.45. The van der Waals surface area contributed by atoms with E-state index in [1.54, 1.807) is 6.07 Å². The van der Waals surface area contributed by atoms with Crippen LogP contribution in [0.2, 0.25) is 5.02 Å². The van der Waals surface area contributed by atoms with Crippen molar-refractivity contribution in [2.24, 2.45) is 0 Å². The smallest absolute Gasteiger partial charge is 0.264 e. The second-order valence-electron chi connectivity index (χ2n) is 3.85. The lowest BCUT2D eigenvalue weighted by molar-refractivity contribution is 0.394. The van der Waals surface area contributed by atoms with Crippen LogP contribution in [-0.4, -0.2) is 20.5 Å². The van der Waals surface area contributed by atoms with Gasteiger partial charge in [0.1, 0.15) is 4.90 Å². The first-order chi connectivity index (χ1) is 9.85. The molecule has 0 fully saturated rings. The number of hydrogen-bond donors (Lipinski definition) is 1. The van der Waals surface area contributed by atoms with Crippen molar-refractivity contribution in [3.05, 3.63) is 45.6 Å². The monoisotopic (exact) mass is 394 g/mol. The van der Waals surface area contributed by atoms with Crippen LogP contribution in [0.1, 0.15) is 0 Å². The molecule has 1 N–H and O–H groups in total. The molecule has 0 spiro atoms. The topological polar surface area (TPSA) is 68.3 Å². The van der Waals surface area contributed by atoms with E-state index in [4.69, 9.17) is 16.3 Å². The Morgan fingerprint density at radius 1 is 1.38 bits per heavy atom. The number of pyridine rings is 1. The summed E-state index contributed by atoms with van der Waals surface area (Å²) in [7, 11) is -2.73. The molecule has 1 aromatic carbocycles. The Morgan fingerprint density at radius 3 is 2.67 bits per heavy atom. The molecule has 0 saturated heterocycles. The largest absolute Gasteiger partial charge is 0.480 e. The minimum Gasteiger partial charge on any atom is -0.480 e. The highest BCUT2D eigenvalue weighted by Gasteiger charge is 2.21. The minimum atomic E-state index is -4.06. The number of anilines is 1. The Morgan fingerprint density at radius 2 is 2.05 bits per heavy atom. The number of sulfonamides is 1. The van der Waals surface area contributed by atoms with Crippen molar-refractivity contribution >= 4 is 43.4 Å². The van der Waals surface area contributed by atoms with Gasteiger partial charge >= 0.3 is 0 Å². The molecule has 9 heteroatoms. The first-order valence-electron chi connectivity index (χ1n) is 5.52. The summed E-state index contributed by atoms with van der Waals surface area (Å²) >= 11 is 8.88. The molecular weight excluding hydrogens is 387 g/mol. The second kappa shape index (κ2) is 6.17. The van der Waals surface area contributed by atoms with Crippen molar-refractivity contribution < 1.29 is 17.5 Å². The van der Waals surface area contributed by atoms with Crippen molar-refractivity contribution in [1.82, 2.24) is 4.98 Å². The van der Waals surface area contributed by atoms with Crippen LogP contribution < -0.4 is 9.46 Å². The van der Waals surface area contributed by atoms with Crippen molar-refractivity contribution in [2.75, 3.05) is 11.8 Å². The van der Waals surface area contributed by atoms with Crippen LogP contribution in [0.4, 0.5) is 10.2 Å². The van der Waals surface area contributed by atoms with Gasteiger partial charge < -0.3 is 4.74 Å². The molecule has 0 aliphatic rings. The summed E-state index contributed by atoms with van der Waals surface area (Å²) in [5, 5.41) is 0.0227. The van der Waals surface area contributed by atoms with Crippen molar-refractivity contribution in [2.45, 2.75) is 4.90 Å². The second-order valence-corrected chi connectivity index (χ2v) is 6.76. The van der Waals surface area contributed by atoms with Gasteiger partial charge in [0, 0.05) is 0 Å². The maximum Gasteiger partial charge on any atom is 0.264 e. The van der Waals surface area contributed by atoms with Crippen LogP contribution in [0.3, 0.4) is 0 Å². The molecule has 112 valence electrons. The quantitative estimate of drug-likeness (QED) is 0.861. The highest BCUT2D eigenvalue weighted by molar-refractivity contribution is 9.10. The van der Waals surface area contributed by atoms with E-state index in [1.165, 1.54) is 25.3 Å². The van der Waals surface area contributed by atoms with E-state index in [0.717, 1.165) is 6.07 Å². The molecule has 21 heavy (non-hydrogen) atoms. The number of hydrogen-bond acceptors (Lipinski definition) is 4. The SMILES string of the molecule is COc1nc(NS(=O)(=O)c2ccccc2Cl)c(F)cc1Br. The number of aromatic nitrogens is 1. The fourth-order valence-electron chi connectivity index (χ4n) is 1.51. The average Bonchev–Trinajstić information content (AvgIpc) is 2.42. The van der Waals surface area contributed by atoms with Crippen LogP contribution in [0.5, 0.6) is 5.88 Å². The highest BCUT2D eigenvalue weighted by Crippen LogP contribution is 2.29. The van der Waals surface area contributed by atoms with Crippen molar-refractivity contribution in [3.8, 4) is 5.88 Å². The maximum atomic E-state index is 13.8. The molecule has 1 heterocycles. The number of nitrogens with zero attached hydrogens (tertiary/aromatic N) is 1. The molecular formula is C12H9BrClFN2O3S. The van der Waals surface area contributed by atoms with Gasteiger partial charge in [0.2, 0.25) is 5.88 Å². The zero-order chi connectivity index (χ0) is 15.6. The number of halogens is 3. The zero-order valence-corrected chi connectivity index (χ0v) is 13.8. The molecule has 1 aromatic heterocycles. The third kappa shape index (κ3) is 3.45. The van der Waals surface area contributed by atoms with E-state index in [9.17, 15) is 12.8 Å². The fourth-order valence-corrected chi connectivity index (χ4v) is 3.49. The van der Waals surface area contributed by atoms with Gasteiger partial charge in [-0.3, -0.25) is 4.72 Å². The molecule has 2 aromatic rings. The normalized spacial score (nSPS) is 11.2. The Hall–Kier alpha value is -1.38. The van der Waals surface area contributed by atoms with E-state index in [-0.39, 0.29) is 20.3 Å². The maximum absolute atomic E-state index is 13.8. The van der Waals surface area contributed by atoms with Crippen LogP contribution >= 0.6 is 27.5 Å². The van der Waals surface area contributed by atoms with Crippen LogP contribution in [0.15, 0.2) is 39.7 Å². The molecule has 2 rings (SSSR count). The number of nitrogens with one attached hydrogen (secondary N) is 1. The standard InChI is InChI=1S/C12H9BrClFN2O3S/c1-20-12-7(13)6-9(15)11(16-12)17-21(18,19)10-5-3-2-4-8(10)14/h2-6H,1H3,(H,16,17). The molecule has 0 aliphatic heterocycles. The molecule has 0 amide bonds. The zero-order valence-electron chi connectivity index (χ0n) is 10.6. The summed E-state index contributed by atoms with van der Waals surface area (Å²) in [6.45, 7) is 0. The molecule has 0 aliphatic carbocycles. The molecule has 0 saturated carbocycles. The van der Waals surface area contributed by atoms with Crippen molar-refractivity contribution in [1.29, 1.82) is 0 Å².